The van der Waals surface area contributed by atoms with Gasteiger partial charge in [0.2, 0.25) is 0 Å². The summed E-state index contributed by atoms with van der Waals surface area (Å²) in [4.78, 5) is 0. The molecule has 0 fully saturated rings. The van der Waals surface area contributed by atoms with Crippen LogP contribution in [0.3, 0.4) is 0 Å². The SMILES string of the molecule is CC(C)c1c(CO)ccc(F)c1Cl. The largest absolute Gasteiger partial charge is 0.392 e. The van der Waals surface area contributed by atoms with E-state index < -0.39 is 5.82 Å². The predicted octanol–water partition coefficient (Wildman–Crippen LogP) is 3.09. The van der Waals surface area contributed by atoms with Gasteiger partial charge in [0.25, 0.3) is 0 Å². The molecule has 3 heteroatoms. The molecule has 0 aliphatic carbocycles. The summed E-state index contributed by atoms with van der Waals surface area (Å²) in [5, 5.41) is 9.13. The number of benzene rings is 1. The van der Waals surface area contributed by atoms with E-state index in [0.717, 1.165) is 0 Å². The molecule has 72 valence electrons. The summed E-state index contributed by atoms with van der Waals surface area (Å²) in [5.41, 5.74) is 1.39. The summed E-state index contributed by atoms with van der Waals surface area (Å²) in [5.74, 6) is -0.312. The number of hydrogen-bond donors (Lipinski definition) is 1. The second-order valence-electron chi connectivity index (χ2n) is 3.25. The fourth-order valence-corrected chi connectivity index (χ4v) is 1.77. The van der Waals surface area contributed by atoms with Gasteiger partial charge >= 0.3 is 0 Å². The van der Waals surface area contributed by atoms with Crippen LogP contribution in [0.4, 0.5) is 4.39 Å². The molecule has 0 radical (unpaired) electrons. The van der Waals surface area contributed by atoms with E-state index in [1.54, 1.807) is 6.07 Å². The molecule has 0 bridgehead atoms. The van der Waals surface area contributed by atoms with E-state index in [-0.39, 0.29) is 17.5 Å². The Balaban J connectivity index is 3.32. The number of hydrogen-bond acceptors (Lipinski definition) is 1. The lowest BCUT2D eigenvalue weighted by molar-refractivity contribution is 0.280. The summed E-state index contributed by atoms with van der Waals surface area (Å²) in [6, 6.07) is 2.84. The molecule has 0 amide bonds. The molecule has 0 spiro atoms. The van der Waals surface area contributed by atoms with Gasteiger partial charge in [0.1, 0.15) is 5.82 Å². The van der Waals surface area contributed by atoms with E-state index in [4.69, 9.17) is 16.7 Å². The molecule has 13 heavy (non-hydrogen) atoms. The van der Waals surface area contributed by atoms with Crippen LogP contribution in [-0.2, 0) is 6.61 Å². The maximum Gasteiger partial charge on any atom is 0.142 e. The standard InChI is InChI=1S/C10H12ClFO/c1-6(2)9-7(5-13)3-4-8(12)10(9)11/h3-4,6,13H,5H2,1-2H3. The molecule has 1 aromatic rings. The van der Waals surface area contributed by atoms with Gasteiger partial charge in [0.05, 0.1) is 11.6 Å². The quantitative estimate of drug-likeness (QED) is 0.782. The van der Waals surface area contributed by atoms with Crippen LogP contribution in [0.1, 0.15) is 30.9 Å². The minimum Gasteiger partial charge on any atom is -0.392 e. The summed E-state index contributed by atoms with van der Waals surface area (Å²) in [6.45, 7) is 3.73. The average molecular weight is 203 g/mol. The highest BCUT2D eigenvalue weighted by Crippen LogP contribution is 2.30. The molecule has 1 rings (SSSR count). The van der Waals surface area contributed by atoms with E-state index in [1.165, 1.54) is 6.07 Å². The van der Waals surface area contributed by atoms with Crippen molar-refractivity contribution in [2.45, 2.75) is 26.4 Å². The van der Waals surface area contributed by atoms with Gasteiger partial charge in [-0.25, -0.2) is 4.39 Å². The Labute approximate surface area is 82.2 Å². The van der Waals surface area contributed by atoms with Crippen molar-refractivity contribution in [3.63, 3.8) is 0 Å². The van der Waals surface area contributed by atoms with Crippen molar-refractivity contribution in [2.24, 2.45) is 0 Å². The molecule has 1 nitrogen and oxygen atoms in total. The highest BCUT2D eigenvalue weighted by atomic mass is 35.5. The van der Waals surface area contributed by atoms with Crippen molar-refractivity contribution < 1.29 is 9.50 Å². The second-order valence-corrected chi connectivity index (χ2v) is 3.62. The molecule has 0 aliphatic heterocycles. The van der Waals surface area contributed by atoms with Gasteiger partial charge in [0.15, 0.2) is 0 Å². The smallest absolute Gasteiger partial charge is 0.142 e. The van der Waals surface area contributed by atoms with Crippen LogP contribution >= 0.6 is 11.6 Å². The van der Waals surface area contributed by atoms with Crippen LogP contribution in [-0.4, -0.2) is 5.11 Å². The van der Waals surface area contributed by atoms with Crippen molar-refractivity contribution >= 4 is 11.6 Å². The third-order valence-corrected chi connectivity index (χ3v) is 2.35. The fraction of sp³-hybridized carbons (Fsp3) is 0.400. The number of aliphatic hydroxyl groups excluding tert-OH is 1. The number of aliphatic hydroxyl groups is 1. The van der Waals surface area contributed by atoms with Crippen LogP contribution in [0.5, 0.6) is 0 Å². The zero-order chi connectivity index (χ0) is 10.0. The summed E-state index contributed by atoms with van der Waals surface area (Å²) in [7, 11) is 0. The van der Waals surface area contributed by atoms with Crippen molar-refractivity contribution in [1.29, 1.82) is 0 Å². The first-order chi connectivity index (χ1) is 6.07. The molecule has 0 saturated heterocycles. The Hall–Kier alpha value is -0.600. The monoisotopic (exact) mass is 202 g/mol. The minimum atomic E-state index is -0.428. The van der Waals surface area contributed by atoms with Crippen molar-refractivity contribution in [3.8, 4) is 0 Å². The van der Waals surface area contributed by atoms with Gasteiger partial charge in [0, 0.05) is 0 Å². The minimum absolute atomic E-state index is 0.104. The highest BCUT2D eigenvalue weighted by molar-refractivity contribution is 6.31. The van der Waals surface area contributed by atoms with Crippen LogP contribution < -0.4 is 0 Å². The Kier molecular flexibility index (Phi) is 3.28. The van der Waals surface area contributed by atoms with E-state index in [0.29, 0.717) is 11.1 Å². The Morgan fingerprint density at radius 2 is 2.08 bits per heavy atom. The molecule has 0 heterocycles. The first-order valence-electron chi connectivity index (χ1n) is 4.15. The van der Waals surface area contributed by atoms with E-state index in [1.807, 2.05) is 13.8 Å². The van der Waals surface area contributed by atoms with Gasteiger partial charge in [-0.3, -0.25) is 0 Å². The van der Waals surface area contributed by atoms with Gasteiger partial charge < -0.3 is 5.11 Å². The Bertz CT molecular complexity index is 310. The predicted molar refractivity (Wildman–Crippen MR) is 51.4 cm³/mol. The second kappa shape index (κ2) is 4.07. The normalized spacial score (nSPS) is 10.9. The molecule has 1 N–H and O–H groups in total. The van der Waals surface area contributed by atoms with Crippen LogP contribution in [0, 0.1) is 5.82 Å². The van der Waals surface area contributed by atoms with Crippen molar-refractivity contribution in [3.05, 3.63) is 34.1 Å². The first-order valence-corrected chi connectivity index (χ1v) is 4.53. The van der Waals surface area contributed by atoms with Crippen LogP contribution in [0.25, 0.3) is 0 Å². The van der Waals surface area contributed by atoms with E-state index in [2.05, 4.69) is 0 Å². The van der Waals surface area contributed by atoms with Crippen molar-refractivity contribution in [1.82, 2.24) is 0 Å². The molecule has 0 saturated carbocycles. The lowest BCUT2D eigenvalue weighted by Gasteiger charge is -2.13. The molecular weight excluding hydrogens is 191 g/mol. The third kappa shape index (κ3) is 2.01. The zero-order valence-electron chi connectivity index (χ0n) is 7.64. The lowest BCUT2D eigenvalue weighted by atomic mass is 9.97. The fourth-order valence-electron chi connectivity index (χ4n) is 1.37. The van der Waals surface area contributed by atoms with Gasteiger partial charge in [-0.1, -0.05) is 31.5 Å². The first kappa shape index (κ1) is 10.5. The van der Waals surface area contributed by atoms with E-state index in [9.17, 15) is 4.39 Å². The molecule has 0 aliphatic rings. The van der Waals surface area contributed by atoms with Gasteiger partial charge in [-0.15, -0.1) is 0 Å². The highest BCUT2D eigenvalue weighted by Gasteiger charge is 2.13. The number of rotatable bonds is 2. The molecule has 0 unspecified atom stereocenters. The summed E-state index contributed by atoms with van der Waals surface area (Å²) >= 11 is 5.79. The Morgan fingerprint density at radius 3 is 2.54 bits per heavy atom. The lowest BCUT2D eigenvalue weighted by Crippen LogP contribution is -1.99. The molecular formula is C10H12ClFO. The average Bonchev–Trinajstić information content (AvgIpc) is 2.08. The Morgan fingerprint density at radius 1 is 1.46 bits per heavy atom. The molecule has 0 atom stereocenters. The zero-order valence-corrected chi connectivity index (χ0v) is 8.40. The maximum absolute atomic E-state index is 13.0. The summed E-state index contributed by atoms with van der Waals surface area (Å²) in [6.07, 6.45) is 0. The van der Waals surface area contributed by atoms with Crippen molar-refractivity contribution in [2.75, 3.05) is 0 Å². The summed E-state index contributed by atoms with van der Waals surface area (Å²) < 4.78 is 13.0. The molecule has 0 aromatic heterocycles. The van der Waals surface area contributed by atoms with E-state index >= 15 is 0 Å². The van der Waals surface area contributed by atoms with Crippen LogP contribution in [0.15, 0.2) is 12.1 Å². The third-order valence-electron chi connectivity index (χ3n) is 1.97. The number of halogens is 2. The topological polar surface area (TPSA) is 20.2 Å². The van der Waals surface area contributed by atoms with Gasteiger partial charge in [-0.2, -0.15) is 0 Å². The molecule has 1 aromatic carbocycles. The maximum atomic E-state index is 13.0. The van der Waals surface area contributed by atoms with Crippen LogP contribution in [0.2, 0.25) is 5.02 Å². The van der Waals surface area contributed by atoms with Gasteiger partial charge in [-0.05, 0) is 23.1 Å².